The first kappa shape index (κ1) is 25.4. The molecule has 2 rings (SSSR count). The van der Waals surface area contributed by atoms with Gasteiger partial charge in [0.2, 0.25) is 0 Å². The van der Waals surface area contributed by atoms with Gasteiger partial charge in [-0.05, 0) is 71.9 Å². The summed E-state index contributed by atoms with van der Waals surface area (Å²) < 4.78 is 33.1. The highest BCUT2D eigenvalue weighted by Gasteiger charge is 2.29. The van der Waals surface area contributed by atoms with Gasteiger partial charge in [0, 0.05) is 18.6 Å². The number of nitrogens with zero attached hydrogens (tertiary/aromatic N) is 2. The molecule has 174 valence electrons. The molecular weight excluding hydrogens is 428 g/mol. The molecule has 1 atom stereocenters. The SMILES string of the molecule is CCN(c1ccccc1)S(=O)(=O)c1cccc(C(=O)OC(C)C(=O)N(C(C)C)C(C)C)c1. The number of hydrogen-bond donors (Lipinski definition) is 0. The molecule has 0 aliphatic heterocycles. The van der Waals surface area contributed by atoms with Crippen molar-refractivity contribution in [3.05, 3.63) is 60.2 Å². The molecule has 0 saturated carbocycles. The van der Waals surface area contributed by atoms with Crippen LogP contribution in [0.1, 0.15) is 51.9 Å². The van der Waals surface area contributed by atoms with Gasteiger partial charge in [0.1, 0.15) is 0 Å². The summed E-state index contributed by atoms with van der Waals surface area (Å²) >= 11 is 0. The number of hydrogen-bond acceptors (Lipinski definition) is 5. The van der Waals surface area contributed by atoms with Gasteiger partial charge in [0.15, 0.2) is 6.10 Å². The Kier molecular flexibility index (Phi) is 8.44. The molecule has 1 unspecified atom stereocenters. The Balaban J connectivity index is 2.27. The summed E-state index contributed by atoms with van der Waals surface area (Å²) in [7, 11) is -3.89. The minimum absolute atomic E-state index is 0.0254. The maximum Gasteiger partial charge on any atom is 0.338 e. The predicted molar refractivity (Wildman–Crippen MR) is 125 cm³/mol. The minimum atomic E-state index is -3.89. The number of anilines is 1. The van der Waals surface area contributed by atoms with E-state index < -0.39 is 22.1 Å². The van der Waals surface area contributed by atoms with Crippen LogP contribution < -0.4 is 4.31 Å². The van der Waals surface area contributed by atoms with Crippen molar-refractivity contribution in [3.8, 4) is 0 Å². The van der Waals surface area contributed by atoms with Gasteiger partial charge in [0.25, 0.3) is 15.9 Å². The van der Waals surface area contributed by atoms with Crippen LogP contribution in [0.25, 0.3) is 0 Å². The molecule has 0 N–H and O–H groups in total. The third-order valence-electron chi connectivity index (χ3n) is 4.99. The van der Waals surface area contributed by atoms with Gasteiger partial charge in [-0.3, -0.25) is 9.10 Å². The summed E-state index contributed by atoms with van der Waals surface area (Å²) in [5, 5.41) is 0. The number of ether oxygens (including phenoxy) is 1. The number of rotatable bonds is 9. The minimum Gasteiger partial charge on any atom is -0.449 e. The molecule has 0 aliphatic carbocycles. The Hall–Kier alpha value is -2.87. The van der Waals surface area contributed by atoms with Crippen LogP contribution in [0.5, 0.6) is 0 Å². The summed E-state index contributed by atoms with van der Waals surface area (Å²) in [5.74, 6) is -1.05. The van der Waals surface area contributed by atoms with Crippen LogP contribution in [0.15, 0.2) is 59.5 Å². The molecule has 0 fully saturated rings. The largest absolute Gasteiger partial charge is 0.449 e. The smallest absolute Gasteiger partial charge is 0.338 e. The fraction of sp³-hybridized carbons (Fsp3) is 0.417. The molecule has 2 aromatic carbocycles. The standard InChI is InChI=1S/C24H32N2O5S/c1-7-25(21-13-9-8-10-14-21)32(29,30)22-15-11-12-20(16-22)24(28)31-19(6)23(27)26(17(2)3)18(4)5/h8-19H,7H2,1-6H3. The van der Waals surface area contributed by atoms with Crippen LogP contribution in [0, 0.1) is 0 Å². The Bertz CT molecular complexity index is 1030. The lowest BCUT2D eigenvalue weighted by molar-refractivity contribution is -0.143. The first-order valence-electron chi connectivity index (χ1n) is 10.7. The van der Waals surface area contributed by atoms with E-state index in [9.17, 15) is 18.0 Å². The maximum absolute atomic E-state index is 13.2. The quantitative estimate of drug-likeness (QED) is 0.526. The molecule has 0 aliphatic rings. The van der Waals surface area contributed by atoms with Gasteiger partial charge >= 0.3 is 5.97 Å². The molecule has 1 amide bonds. The molecule has 0 heterocycles. The van der Waals surface area contributed by atoms with E-state index in [4.69, 9.17) is 4.74 Å². The van der Waals surface area contributed by atoms with Crippen molar-refractivity contribution >= 4 is 27.6 Å². The molecule has 0 aromatic heterocycles. The molecule has 32 heavy (non-hydrogen) atoms. The van der Waals surface area contributed by atoms with Crippen molar-refractivity contribution in [3.63, 3.8) is 0 Å². The monoisotopic (exact) mass is 460 g/mol. The summed E-state index contributed by atoms with van der Waals surface area (Å²) in [4.78, 5) is 27.1. The van der Waals surface area contributed by atoms with Crippen LogP contribution >= 0.6 is 0 Å². The van der Waals surface area contributed by atoms with Gasteiger partial charge < -0.3 is 9.64 Å². The first-order valence-corrected chi connectivity index (χ1v) is 12.2. The number of carbonyl (C=O) groups is 2. The lowest BCUT2D eigenvalue weighted by Gasteiger charge is -2.32. The summed E-state index contributed by atoms with van der Waals surface area (Å²) in [6, 6.07) is 14.3. The fourth-order valence-electron chi connectivity index (χ4n) is 3.59. The summed E-state index contributed by atoms with van der Waals surface area (Å²) in [5.41, 5.74) is 0.597. The number of sulfonamides is 1. The Morgan fingerprint density at radius 3 is 2.03 bits per heavy atom. The van der Waals surface area contributed by atoms with Crippen LogP contribution in [-0.4, -0.2) is 49.9 Å². The second kappa shape index (κ2) is 10.6. The lowest BCUT2D eigenvalue weighted by Crippen LogP contribution is -2.47. The molecule has 0 saturated heterocycles. The molecule has 0 spiro atoms. The van der Waals surface area contributed by atoms with E-state index in [0.717, 1.165) is 0 Å². The summed E-state index contributed by atoms with van der Waals surface area (Å²) in [6.07, 6.45) is -0.996. The third-order valence-corrected chi connectivity index (χ3v) is 6.89. The zero-order valence-electron chi connectivity index (χ0n) is 19.5. The van der Waals surface area contributed by atoms with Gasteiger partial charge in [-0.2, -0.15) is 0 Å². The number of esters is 1. The van der Waals surface area contributed by atoms with E-state index in [1.807, 2.05) is 33.8 Å². The highest BCUT2D eigenvalue weighted by molar-refractivity contribution is 7.92. The highest BCUT2D eigenvalue weighted by atomic mass is 32.2. The van der Waals surface area contributed by atoms with E-state index in [1.165, 1.54) is 35.5 Å². The molecule has 0 radical (unpaired) electrons. The van der Waals surface area contributed by atoms with Crippen molar-refractivity contribution in [1.29, 1.82) is 0 Å². The van der Waals surface area contributed by atoms with E-state index in [0.29, 0.717) is 5.69 Å². The topological polar surface area (TPSA) is 84.0 Å². The summed E-state index contributed by atoms with van der Waals surface area (Å²) in [6.45, 7) is 11.1. The van der Waals surface area contributed by atoms with E-state index in [1.54, 1.807) is 36.1 Å². The first-order chi connectivity index (χ1) is 15.0. The van der Waals surface area contributed by atoms with Crippen molar-refractivity contribution in [2.75, 3.05) is 10.8 Å². The molecule has 2 aromatic rings. The molecule has 0 bridgehead atoms. The predicted octanol–water partition coefficient (Wildman–Crippen LogP) is 4.09. The van der Waals surface area contributed by atoms with Crippen LogP contribution in [-0.2, 0) is 19.6 Å². The van der Waals surface area contributed by atoms with Crippen LogP contribution in [0.4, 0.5) is 5.69 Å². The van der Waals surface area contributed by atoms with Gasteiger partial charge in [-0.1, -0.05) is 24.3 Å². The Morgan fingerprint density at radius 2 is 1.50 bits per heavy atom. The van der Waals surface area contributed by atoms with Crippen molar-refractivity contribution in [2.45, 2.75) is 64.6 Å². The van der Waals surface area contributed by atoms with E-state index >= 15 is 0 Å². The zero-order valence-corrected chi connectivity index (χ0v) is 20.3. The second-order valence-electron chi connectivity index (χ2n) is 8.01. The van der Waals surface area contributed by atoms with Crippen LogP contribution in [0.3, 0.4) is 0 Å². The van der Waals surface area contributed by atoms with Crippen molar-refractivity contribution in [1.82, 2.24) is 4.90 Å². The maximum atomic E-state index is 13.2. The molecule has 7 nitrogen and oxygen atoms in total. The van der Waals surface area contributed by atoms with Crippen LogP contribution in [0.2, 0.25) is 0 Å². The third kappa shape index (κ3) is 5.68. The Labute approximate surface area is 191 Å². The highest BCUT2D eigenvalue weighted by Crippen LogP contribution is 2.24. The number of amides is 1. The number of benzene rings is 2. The number of para-hydroxylation sites is 1. The Morgan fingerprint density at radius 1 is 0.906 bits per heavy atom. The van der Waals surface area contributed by atoms with Gasteiger partial charge in [-0.25, -0.2) is 13.2 Å². The average Bonchev–Trinajstić information content (AvgIpc) is 2.74. The molecular formula is C24H32N2O5S. The van der Waals surface area contributed by atoms with E-state index in [2.05, 4.69) is 0 Å². The van der Waals surface area contributed by atoms with Crippen molar-refractivity contribution in [2.24, 2.45) is 0 Å². The van der Waals surface area contributed by atoms with Gasteiger partial charge in [-0.15, -0.1) is 0 Å². The second-order valence-corrected chi connectivity index (χ2v) is 9.88. The van der Waals surface area contributed by atoms with Gasteiger partial charge in [0.05, 0.1) is 16.1 Å². The molecule has 8 heteroatoms. The number of carbonyl (C=O) groups excluding carboxylic acids is 2. The lowest BCUT2D eigenvalue weighted by atomic mass is 10.2. The van der Waals surface area contributed by atoms with Crippen molar-refractivity contribution < 1.29 is 22.7 Å². The zero-order chi connectivity index (χ0) is 24.1. The fourth-order valence-corrected chi connectivity index (χ4v) is 5.11. The average molecular weight is 461 g/mol. The van der Waals surface area contributed by atoms with E-state index in [-0.39, 0.29) is 35.0 Å². The normalized spacial score (nSPS) is 12.5.